The van der Waals surface area contributed by atoms with Crippen LogP contribution in [0.15, 0.2) is 46.6 Å². The van der Waals surface area contributed by atoms with Crippen molar-refractivity contribution in [1.82, 2.24) is 14.7 Å². The minimum atomic E-state index is 1.06. The molecule has 0 aliphatic rings. The Bertz CT molecular complexity index is 463. The van der Waals surface area contributed by atoms with E-state index in [0.29, 0.717) is 0 Å². The van der Waals surface area contributed by atoms with Crippen molar-refractivity contribution in [1.29, 1.82) is 0 Å². The van der Waals surface area contributed by atoms with Crippen molar-refractivity contribution in [2.75, 3.05) is 59.4 Å². The third-order valence-electron chi connectivity index (χ3n) is 5.06. The molecule has 0 saturated carbocycles. The number of allylic oxidation sites excluding steroid dienone is 4. The van der Waals surface area contributed by atoms with Crippen molar-refractivity contribution < 1.29 is 0 Å². The fraction of sp³-hybridized carbons (Fsp3) is 0.704. The summed E-state index contributed by atoms with van der Waals surface area (Å²) in [5.41, 5.74) is 5.61. The van der Waals surface area contributed by atoms with Gasteiger partial charge in [0.15, 0.2) is 0 Å². The zero-order valence-corrected chi connectivity index (χ0v) is 21.7. The van der Waals surface area contributed by atoms with Gasteiger partial charge in [0.25, 0.3) is 0 Å². The Morgan fingerprint density at radius 3 is 0.967 bits per heavy atom. The van der Waals surface area contributed by atoms with Gasteiger partial charge in [0.1, 0.15) is 0 Å². The van der Waals surface area contributed by atoms with E-state index < -0.39 is 0 Å². The van der Waals surface area contributed by atoms with Crippen molar-refractivity contribution in [3.8, 4) is 0 Å². The van der Waals surface area contributed by atoms with Gasteiger partial charge in [-0.1, -0.05) is 46.6 Å². The topological polar surface area (TPSA) is 9.72 Å². The van der Waals surface area contributed by atoms with Gasteiger partial charge in [0.2, 0.25) is 0 Å². The Kier molecular flexibility index (Phi) is 16.8. The van der Waals surface area contributed by atoms with E-state index >= 15 is 0 Å². The molecule has 0 aliphatic carbocycles. The Hall–Kier alpha value is -1.16. The lowest BCUT2D eigenvalue weighted by Crippen LogP contribution is -2.31. The van der Waals surface area contributed by atoms with Crippen molar-refractivity contribution in [2.24, 2.45) is 0 Å². The van der Waals surface area contributed by atoms with Crippen LogP contribution in [-0.4, -0.2) is 74.1 Å². The summed E-state index contributed by atoms with van der Waals surface area (Å²) in [6.07, 6.45) is 11.8. The number of hydrogen-bond donors (Lipinski definition) is 0. The first-order valence-electron chi connectivity index (χ1n) is 11.8. The van der Waals surface area contributed by atoms with Gasteiger partial charge in [0, 0.05) is 39.3 Å². The number of rotatable bonds is 16. The molecule has 0 bridgehead atoms. The normalized spacial score (nSPS) is 11.1. The van der Waals surface area contributed by atoms with Crippen LogP contribution in [0, 0.1) is 0 Å². The summed E-state index contributed by atoms with van der Waals surface area (Å²) < 4.78 is 0. The van der Waals surface area contributed by atoms with Gasteiger partial charge in [-0.05, 0) is 88.4 Å². The standard InChI is InChI=1S/C27H51N3/c1-24(2)12-20-29(21-13-25(3)4)18-10-16-28(9)17-11-19-30(22-14-26(5)6)23-15-27(7)8/h12-15H,10-11,16-23H2,1-9H3. The third kappa shape index (κ3) is 18.8. The molecule has 3 heteroatoms. The van der Waals surface area contributed by atoms with Gasteiger partial charge in [-0.15, -0.1) is 0 Å². The molecule has 174 valence electrons. The summed E-state index contributed by atoms with van der Waals surface area (Å²) in [4.78, 5) is 7.60. The second-order valence-corrected chi connectivity index (χ2v) is 9.66. The van der Waals surface area contributed by atoms with E-state index in [0.717, 1.165) is 39.3 Å². The Morgan fingerprint density at radius 2 is 0.733 bits per heavy atom. The van der Waals surface area contributed by atoms with Crippen LogP contribution in [0.1, 0.15) is 68.2 Å². The molecule has 0 unspecified atom stereocenters. The Labute approximate surface area is 189 Å². The van der Waals surface area contributed by atoms with Crippen molar-refractivity contribution in [3.05, 3.63) is 46.6 Å². The minimum absolute atomic E-state index is 1.06. The van der Waals surface area contributed by atoms with Crippen LogP contribution in [0.2, 0.25) is 0 Å². The lowest BCUT2D eigenvalue weighted by atomic mass is 10.2. The van der Waals surface area contributed by atoms with Crippen LogP contribution >= 0.6 is 0 Å². The maximum atomic E-state index is 2.55. The fourth-order valence-electron chi connectivity index (χ4n) is 3.00. The van der Waals surface area contributed by atoms with Crippen molar-refractivity contribution >= 4 is 0 Å². The molecule has 30 heavy (non-hydrogen) atoms. The third-order valence-corrected chi connectivity index (χ3v) is 5.06. The molecule has 0 fully saturated rings. The van der Waals surface area contributed by atoms with Crippen LogP contribution < -0.4 is 0 Å². The van der Waals surface area contributed by atoms with Crippen LogP contribution in [0.5, 0.6) is 0 Å². The predicted octanol–water partition coefficient (Wildman–Crippen LogP) is 6.17. The predicted molar refractivity (Wildman–Crippen MR) is 137 cm³/mol. The van der Waals surface area contributed by atoms with Gasteiger partial charge in [-0.3, -0.25) is 9.80 Å². The van der Waals surface area contributed by atoms with Crippen molar-refractivity contribution in [2.45, 2.75) is 68.2 Å². The molecule has 3 nitrogen and oxygen atoms in total. The first-order valence-corrected chi connectivity index (χ1v) is 11.8. The van der Waals surface area contributed by atoms with E-state index in [9.17, 15) is 0 Å². The second kappa shape index (κ2) is 17.5. The summed E-state index contributed by atoms with van der Waals surface area (Å²) in [5.74, 6) is 0. The first kappa shape index (κ1) is 28.8. The maximum absolute atomic E-state index is 2.55. The minimum Gasteiger partial charge on any atom is -0.306 e. The molecular weight excluding hydrogens is 366 g/mol. The van der Waals surface area contributed by atoms with Crippen LogP contribution in [-0.2, 0) is 0 Å². The zero-order valence-electron chi connectivity index (χ0n) is 21.7. The van der Waals surface area contributed by atoms with Gasteiger partial charge < -0.3 is 4.90 Å². The highest BCUT2D eigenvalue weighted by Gasteiger charge is 2.06. The van der Waals surface area contributed by atoms with Gasteiger partial charge in [-0.25, -0.2) is 0 Å². The molecule has 0 radical (unpaired) electrons. The SMILES string of the molecule is CC(C)=CCN(CC=C(C)C)CCCN(C)CCCN(CC=C(C)C)CC=C(C)C. The van der Waals surface area contributed by atoms with E-state index in [4.69, 9.17) is 0 Å². The monoisotopic (exact) mass is 417 g/mol. The quantitative estimate of drug-likeness (QED) is 0.278. The molecule has 0 atom stereocenters. The second-order valence-electron chi connectivity index (χ2n) is 9.66. The number of nitrogens with zero attached hydrogens (tertiary/aromatic N) is 3. The molecule has 0 heterocycles. The van der Waals surface area contributed by atoms with Crippen LogP contribution in [0.25, 0.3) is 0 Å². The van der Waals surface area contributed by atoms with Gasteiger partial charge in [0.05, 0.1) is 0 Å². The summed E-state index contributed by atoms with van der Waals surface area (Å²) >= 11 is 0. The van der Waals surface area contributed by atoms with E-state index in [1.165, 1.54) is 48.2 Å². The molecule has 0 saturated heterocycles. The summed E-state index contributed by atoms with van der Waals surface area (Å²) in [6, 6.07) is 0. The van der Waals surface area contributed by atoms with E-state index in [1.807, 2.05) is 0 Å². The Morgan fingerprint density at radius 1 is 0.467 bits per heavy atom. The lowest BCUT2D eigenvalue weighted by molar-refractivity contribution is 0.256. The van der Waals surface area contributed by atoms with Crippen LogP contribution in [0.3, 0.4) is 0 Å². The smallest absolute Gasteiger partial charge is 0.0168 e. The average molecular weight is 418 g/mol. The molecular formula is C27H51N3. The van der Waals surface area contributed by atoms with E-state index in [1.54, 1.807) is 0 Å². The average Bonchev–Trinajstić information content (AvgIpc) is 2.64. The molecule has 0 N–H and O–H groups in total. The van der Waals surface area contributed by atoms with Gasteiger partial charge >= 0.3 is 0 Å². The summed E-state index contributed by atoms with van der Waals surface area (Å²) in [7, 11) is 2.27. The van der Waals surface area contributed by atoms with E-state index in [2.05, 4.69) is 101 Å². The zero-order chi connectivity index (χ0) is 22.9. The van der Waals surface area contributed by atoms with E-state index in [-0.39, 0.29) is 0 Å². The highest BCUT2D eigenvalue weighted by molar-refractivity contribution is 5.00. The molecule has 0 amide bonds. The molecule has 0 aromatic carbocycles. The maximum Gasteiger partial charge on any atom is 0.0168 e. The fourth-order valence-corrected chi connectivity index (χ4v) is 3.00. The molecule has 0 rings (SSSR count). The summed E-state index contributed by atoms with van der Waals surface area (Å²) in [5, 5.41) is 0. The molecule has 0 spiro atoms. The Balaban J connectivity index is 4.36. The van der Waals surface area contributed by atoms with Crippen LogP contribution in [0.4, 0.5) is 0 Å². The van der Waals surface area contributed by atoms with Crippen molar-refractivity contribution in [3.63, 3.8) is 0 Å². The highest BCUT2D eigenvalue weighted by atomic mass is 15.1. The largest absolute Gasteiger partial charge is 0.306 e. The molecule has 0 aliphatic heterocycles. The number of hydrogen-bond acceptors (Lipinski definition) is 3. The summed E-state index contributed by atoms with van der Waals surface area (Å²) in [6.45, 7) is 26.4. The molecule has 0 aromatic heterocycles. The first-order chi connectivity index (χ1) is 14.1. The molecule has 0 aromatic rings. The lowest BCUT2D eigenvalue weighted by Gasteiger charge is -2.24. The highest BCUT2D eigenvalue weighted by Crippen LogP contribution is 2.02. The van der Waals surface area contributed by atoms with Gasteiger partial charge in [-0.2, -0.15) is 0 Å².